The molecule has 2 rings (SSSR count). The van der Waals surface area contributed by atoms with Gasteiger partial charge >= 0.3 is 6.18 Å². The van der Waals surface area contributed by atoms with Crippen LogP contribution in [0.4, 0.5) is 13.2 Å². The first-order chi connectivity index (χ1) is 13.7. The molecule has 0 bridgehead atoms. The zero-order valence-corrected chi connectivity index (χ0v) is 17.1. The largest absolute Gasteiger partial charge is 0.497 e. The third-order valence-electron chi connectivity index (χ3n) is 3.77. The number of amides is 1. The molecule has 0 saturated carbocycles. The summed E-state index contributed by atoms with van der Waals surface area (Å²) in [7, 11) is 3.03. The predicted molar refractivity (Wildman–Crippen MR) is 104 cm³/mol. The third-order valence-corrected chi connectivity index (χ3v) is 4.62. The van der Waals surface area contributed by atoms with Gasteiger partial charge in [0.1, 0.15) is 11.4 Å². The minimum atomic E-state index is -4.60. The molecule has 6 nitrogen and oxygen atoms in total. The molecule has 1 aromatic heterocycles. The molecule has 158 valence electrons. The smallest absolute Gasteiger partial charge is 0.433 e. The van der Waals surface area contributed by atoms with Crippen molar-refractivity contribution in [2.45, 2.75) is 30.7 Å². The van der Waals surface area contributed by atoms with E-state index in [1.54, 1.807) is 31.2 Å². The van der Waals surface area contributed by atoms with Gasteiger partial charge in [-0.3, -0.25) is 4.79 Å². The Bertz CT molecular complexity index is 817. The van der Waals surface area contributed by atoms with Gasteiger partial charge in [-0.1, -0.05) is 11.8 Å². The fourth-order valence-electron chi connectivity index (χ4n) is 2.42. The maximum atomic E-state index is 13.3. The van der Waals surface area contributed by atoms with E-state index in [0.29, 0.717) is 17.9 Å². The van der Waals surface area contributed by atoms with Crippen LogP contribution in [-0.2, 0) is 15.7 Å². The van der Waals surface area contributed by atoms with Crippen molar-refractivity contribution in [2.24, 2.45) is 0 Å². The lowest BCUT2D eigenvalue weighted by Gasteiger charge is -2.13. The van der Waals surface area contributed by atoms with E-state index < -0.39 is 11.9 Å². The molecular weight excluding hydrogens is 407 g/mol. The number of thioether (sulfide) groups is 1. The molecule has 1 N–H and O–H groups in total. The highest BCUT2D eigenvalue weighted by Crippen LogP contribution is 2.32. The number of hydrogen-bond donors (Lipinski definition) is 1. The van der Waals surface area contributed by atoms with Crippen LogP contribution >= 0.6 is 11.8 Å². The van der Waals surface area contributed by atoms with Crippen molar-refractivity contribution in [1.29, 1.82) is 0 Å². The maximum absolute atomic E-state index is 13.3. The lowest BCUT2D eigenvalue weighted by Crippen LogP contribution is -2.35. The first-order valence-electron chi connectivity index (χ1n) is 8.74. The molecule has 2 aromatic rings. The molecule has 0 radical (unpaired) electrons. The number of methoxy groups -OCH3 is 2. The van der Waals surface area contributed by atoms with E-state index in [-0.39, 0.29) is 35.0 Å². The second-order valence-electron chi connectivity index (χ2n) is 6.17. The van der Waals surface area contributed by atoms with E-state index in [1.165, 1.54) is 14.2 Å². The highest BCUT2D eigenvalue weighted by atomic mass is 32.2. The van der Waals surface area contributed by atoms with Crippen molar-refractivity contribution in [3.63, 3.8) is 0 Å². The molecular formula is C19H22F3N3O3S. The number of nitrogens with zero attached hydrogens (tertiary/aromatic N) is 2. The van der Waals surface area contributed by atoms with Gasteiger partial charge in [0.25, 0.3) is 0 Å². The molecule has 0 aliphatic heterocycles. The van der Waals surface area contributed by atoms with E-state index in [1.807, 2.05) is 0 Å². The summed E-state index contributed by atoms with van der Waals surface area (Å²) in [5, 5.41) is 2.70. The van der Waals surface area contributed by atoms with Crippen molar-refractivity contribution in [3.8, 4) is 17.0 Å². The Morgan fingerprint density at radius 1 is 1.21 bits per heavy atom. The molecule has 0 saturated heterocycles. The van der Waals surface area contributed by atoms with E-state index in [9.17, 15) is 18.0 Å². The lowest BCUT2D eigenvalue weighted by molar-refractivity contribution is -0.141. The summed E-state index contributed by atoms with van der Waals surface area (Å²) in [5.74, 6) is 0.612. The van der Waals surface area contributed by atoms with Crippen molar-refractivity contribution < 1.29 is 27.4 Å². The number of halogens is 3. The summed E-state index contributed by atoms with van der Waals surface area (Å²) in [6.07, 6.45) is -4.48. The number of benzene rings is 1. The van der Waals surface area contributed by atoms with E-state index >= 15 is 0 Å². The highest BCUT2D eigenvalue weighted by Gasteiger charge is 2.33. The van der Waals surface area contributed by atoms with Crippen molar-refractivity contribution >= 4 is 17.7 Å². The molecule has 10 heteroatoms. The average molecular weight is 429 g/mol. The predicted octanol–water partition coefficient (Wildman–Crippen LogP) is 3.80. The van der Waals surface area contributed by atoms with Crippen LogP contribution in [0.5, 0.6) is 5.75 Å². The first kappa shape index (κ1) is 23.0. The summed E-state index contributed by atoms with van der Waals surface area (Å²) in [6.45, 7) is 2.17. The summed E-state index contributed by atoms with van der Waals surface area (Å²) >= 11 is 0.997. The molecule has 1 heterocycles. The molecule has 29 heavy (non-hydrogen) atoms. The van der Waals surface area contributed by atoms with Gasteiger partial charge in [-0.25, -0.2) is 9.97 Å². The second kappa shape index (κ2) is 10.4. The standard InChI is InChI=1S/C19H22F3N3O3S/c1-12(11-27-2)23-17(26)8-9-29-18-24-15(10-16(25-18)19(20,21)22)13-4-6-14(28-3)7-5-13/h4-7,10,12H,8-9,11H2,1-3H3,(H,23,26)/t12-/m0/s1. The molecule has 0 unspecified atom stereocenters. The summed E-state index contributed by atoms with van der Waals surface area (Å²) in [4.78, 5) is 19.7. The Labute approximate surface area is 171 Å². The van der Waals surface area contributed by atoms with Crippen LogP contribution in [0.25, 0.3) is 11.3 Å². The van der Waals surface area contributed by atoms with E-state index in [2.05, 4.69) is 15.3 Å². The summed E-state index contributed by atoms with van der Waals surface area (Å²) < 4.78 is 49.8. The fourth-order valence-corrected chi connectivity index (χ4v) is 3.21. The number of aromatic nitrogens is 2. The van der Waals surface area contributed by atoms with Gasteiger partial charge in [0, 0.05) is 30.9 Å². The lowest BCUT2D eigenvalue weighted by atomic mass is 10.1. The minimum Gasteiger partial charge on any atom is -0.497 e. The number of carbonyl (C=O) groups is 1. The molecule has 0 spiro atoms. The highest BCUT2D eigenvalue weighted by molar-refractivity contribution is 7.99. The molecule has 0 aliphatic rings. The van der Waals surface area contributed by atoms with Gasteiger partial charge in [-0.2, -0.15) is 13.2 Å². The Balaban J connectivity index is 2.13. The third kappa shape index (κ3) is 7.21. The second-order valence-corrected chi connectivity index (χ2v) is 7.23. The Hall–Kier alpha value is -2.33. The average Bonchev–Trinajstić information content (AvgIpc) is 2.67. The normalized spacial score (nSPS) is 12.5. The summed E-state index contributed by atoms with van der Waals surface area (Å²) in [6, 6.07) is 7.29. The van der Waals surface area contributed by atoms with Crippen molar-refractivity contribution in [2.75, 3.05) is 26.6 Å². The van der Waals surface area contributed by atoms with Crippen LogP contribution in [0.3, 0.4) is 0 Å². The van der Waals surface area contributed by atoms with Crippen molar-refractivity contribution in [3.05, 3.63) is 36.0 Å². The zero-order chi connectivity index (χ0) is 21.4. The van der Waals surface area contributed by atoms with Crippen molar-refractivity contribution in [1.82, 2.24) is 15.3 Å². The van der Waals surface area contributed by atoms with Gasteiger partial charge in [-0.15, -0.1) is 0 Å². The molecule has 0 fully saturated rings. The van der Waals surface area contributed by atoms with Crippen LogP contribution in [0.2, 0.25) is 0 Å². The van der Waals surface area contributed by atoms with Crippen LogP contribution in [-0.4, -0.2) is 48.5 Å². The SMILES string of the molecule is COC[C@H](C)NC(=O)CCSc1nc(-c2ccc(OC)cc2)cc(C(F)(F)F)n1. The van der Waals surface area contributed by atoms with Gasteiger partial charge in [0.15, 0.2) is 5.16 Å². The Morgan fingerprint density at radius 3 is 2.48 bits per heavy atom. The fraction of sp³-hybridized carbons (Fsp3) is 0.421. The quantitative estimate of drug-likeness (QED) is 0.483. The Morgan fingerprint density at radius 2 is 1.90 bits per heavy atom. The van der Waals surface area contributed by atoms with Gasteiger partial charge in [0.2, 0.25) is 5.91 Å². The minimum absolute atomic E-state index is 0.0385. The number of nitrogens with one attached hydrogen (secondary N) is 1. The topological polar surface area (TPSA) is 73.3 Å². The van der Waals surface area contributed by atoms with Crippen LogP contribution < -0.4 is 10.1 Å². The molecule has 1 aromatic carbocycles. The Kier molecular flexibility index (Phi) is 8.27. The number of hydrogen-bond acceptors (Lipinski definition) is 6. The molecule has 0 aliphatic carbocycles. The van der Waals surface area contributed by atoms with Crippen LogP contribution in [0.15, 0.2) is 35.5 Å². The maximum Gasteiger partial charge on any atom is 0.433 e. The number of alkyl halides is 3. The number of carbonyl (C=O) groups excluding carboxylic acids is 1. The van der Waals surface area contributed by atoms with Crippen LogP contribution in [0.1, 0.15) is 19.0 Å². The number of ether oxygens (including phenoxy) is 2. The van der Waals surface area contributed by atoms with Gasteiger partial charge in [-0.05, 0) is 37.3 Å². The van der Waals surface area contributed by atoms with E-state index in [0.717, 1.165) is 17.8 Å². The monoisotopic (exact) mass is 429 g/mol. The first-order valence-corrected chi connectivity index (χ1v) is 9.73. The van der Waals surface area contributed by atoms with Gasteiger partial charge < -0.3 is 14.8 Å². The van der Waals surface area contributed by atoms with E-state index in [4.69, 9.17) is 9.47 Å². The number of rotatable bonds is 9. The molecule has 1 atom stereocenters. The van der Waals surface area contributed by atoms with Crippen LogP contribution in [0, 0.1) is 0 Å². The zero-order valence-electron chi connectivity index (χ0n) is 16.2. The summed E-state index contributed by atoms with van der Waals surface area (Å²) in [5.41, 5.74) is -0.374. The van der Waals surface area contributed by atoms with Gasteiger partial charge in [0.05, 0.1) is 19.4 Å². The molecule has 1 amide bonds.